The van der Waals surface area contributed by atoms with Gasteiger partial charge in [0.15, 0.2) is 0 Å². The van der Waals surface area contributed by atoms with Crippen molar-refractivity contribution in [3.05, 3.63) is 17.5 Å². The maximum atomic E-state index is 4.28. The molecule has 3 nitrogen and oxygen atoms in total. The van der Waals surface area contributed by atoms with Crippen molar-refractivity contribution in [2.45, 2.75) is 26.9 Å². The normalized spacial score (nSPS) is 10.0. The topological polar surface area (TPSA) is 30.2 Å². The summed E-state index contributed by atoms with van der Waals surface area (Å²) in [5.41, 5.74) is 2.19. The average molecular weight is 151 g/mol. The first kappa shape index (κ1) is 7.98. The number of rotatable bonds is 3. The van der Waals surface area contributed by atoms with Crippen molar-refractivity contribution in [3.63, 3.8) is 0 Å². The van der Waals surface area contributed by atoms with Gasteiger partial charge in [0.05, 0.1) is 17.9 Å². The molecule has 0 N–H and O–H groups in total. The molecule has 60 valence electrons. The summed E-state index contributed by atoms with van der Waals surface area (Å²) < 4.78 is 1.95. The van der Waals surface area contributed by atoms with E-state index in [-0.39, 0.29) is 0 Å². The Kier molecular flexibility index (Phi) is 2.41. The van der Waals surface area contributed by atoms with Gasteiger partial charge in [0.1, 0.15) is 0 Å². The van der Waals surface area contributed by atoms with Gasteiger partial charge in [-0.25, -0.2) is 0 Å². The van der Waals surface area contributed by atoms with E-state index in [9.17, 15) is 0 Å². The molecule has 0 saturated heterocycles. The van der Waals surface area contributed by atoms with Crippen LogP contribution in [0.2, 0.25) is 0 Å². The number of aromatic nitrogens is 2. The van der Waals surface area contributed by atoms with Gasteiger partial charge >= 0.3 is 0 Å². The highest BCUT2D eigenvalue weighted by Gasteiger charge is 2.00. The molecule has 0 aliphatic heterocycles. The van der Waals surface area contributed by atoms with Crippen LogP contribution in [0.1, 0.15) is 18.3 Å². The van der Waals surface area contributed by atoms with Gasteiger partial charge in [-0.05, 0) is 26.6 Å². The van der Waals surface area contributed by atoms with Crippen LogP contribution in [0.4, 0.5) is 0 Å². The zero-order chi connectivity index (χ0) is 8.27. The van der Waals surface area contributed by atoms with Crippen molar-refractivity contribution in [2.75, 3.05) is 0 Å². The van der Waals surface area contributed by atoms with E-state index in [1.54, 1.807) is 0 Å². The largest absolute Gasteiger partial charge is 0.295 e. The van der Waals surface area contributed by atoms with Crippen molar-refractivity contribution in [3.8, 4) is 0 Å². The Balaban J connectivity index is 2.91. The predicted octanol–water partition coefficient (Wildman–Crippen LogP) is 1.41. The van der Waals surface area contributed by atoms with Crippen LogP contribution < -0.4 is 0 Å². The standard InChI is InChI=1S/C8H13N3/c1-4-11-8(6-9-3)5-7(2)10-11/h5H,3-4,6H2,1-2H3. The quantitative estimate of drug-likeness (QED) is 0.601. The second-order valence-electron chi connectivity index (χ2n) is 2.47. The van der Waals surface area contributed by atoms with Gasteiger partial charge in [-0.3, -0.25) is 9.67 Å². The third-order valence-corrected chi connectivity index (χ3v) is 1.56. The maximum absolute atomic E-state index is 4.28. The third-order valence-electron chi connectivity index (χ3n) is 1.56. The molecule has 0 fully saturated rings. The molecule has 0 atom stereocenters. The predicted molar refractivity (Wildman–Crippen MR) is 45.9 cm³/mol. The average Bonchev–Trinajstić information content (AvgIpc) is 2.32. The van der Waals surface area contributed by atoms with Crippen LogP contribution in [0.15, 0.2) is 11.1 Å². The molecular weight excluding hydrogens is 138 g/mol. The molecule has 0 radical (unpaired) electrons. The summed E-state index contributed by atoms with van der Waals surface area (Å²) in [6.07, 6.45) is 0. The molecule has 0 spiro atoms. The molecule has 0 amide bonds. The Morgan fingerprint density at radius 3 is 3.00 bits per heavy atom. The Morgan fingerprint density at radius 2 is 2.45 bits per heavy atom. The summed E-state index contributed by atoms with van der Waals surface area (Å²) in [6, 6.07) is 2.04. The van der Waals surface area contributed by atoms with Crippen LogP contribution >= 0.6 is 0 Å². The number of aryl methyl sites for hydroxylation is 2. The van der Waals surface area contributed by atoms with E-state index in [0.717, 1.165) is 17.9 Å². The number of hydrogen-bond acceptors (Lipinski definition) is 2. The third kappa shape index (κ3) is 1.67. The molecule has 1 aromatic rings. The molecular formula is C8H13N3. The van der Waals surface area contributed by atoms with Gasteiger partial charge in [-0.1, -0.05) is 0 Å². The molecule has 0 saturated carbocycles. The van der Waals surface area contributed by atoms with Crippen molar-refractivity contribution in [2.24, 2.45) is 4.99 Å². The molecule has 3 heteroatoms. The lowest BCUT2D eigenvalue weighted by atomic mass is 10.4. The first-order valence-electron chi connectivity index (χ1n) is 3.73. The van der Waals surface area contributed by atoms with Gasteiger partial charge in [0.25, 0.3) is 0 Å². The van der Waals surface area contributed by atoms with Gasteiger partial charge in [0, 0.05) is 6.54 Å². The minimum absolute atomic E-state index is 0.661. The molecule has 0 bridgehead atoms. The summed E-state index contributed by atoms with van der Waals surface area (Å²) in [7, 11) is 0. The van der Waals surface area contributed by atoms with Crippen LogP contribution in [0.25, 0.3) is 0 Å². The second kappa shape index (κ2) is 3.32. The van der Waals surface area contributed by atoms with Gasteiger partial charge in [-0.2, -0.15) is 5.10 Å². The zero-order valence-corrected chi connectivity index (χ0v) is 7.04. The number of aliphatic imine (C=N–C) groups is 1. The van der Waals surface area contributed by atoms with Gasteiger partial charge in [0.2, 0.25) is 0 Å². The lowest BCUT2D eigenvalue weighted by Gasteiger charge is -1.99. The van der Waals surface area contributed by atoms with Crippen molar-refractivity contribution >= 4 is 6.72 Å². The van der Waals surface area contributed by atoms with Crippen molar-refractivity contribution in [1.82, 2.24) is 9.78 Å². The van der Waals surface area contributed by atoms with Crippen LogP contribution in [-0.4, -0.2) is 16.5 Å². The lowest BCUT2D eigenvalue weighted by molar-refractivity contribution is 0.619. The summed E-state index contributed by atoms with van der Waals surface area (Å²) in [4.78, 5) is 3.82. The van der Waals surface area contributed by atoms with E-state index in [1.807, 2.05) is 17.7 Å². The van der Waals surface area contributed by atoms with E-state index in [2.05, 4.69) is 23.7 Å². The van der Waals surface area contributed by atoms with E-state index < -0.39 is 0 Å². The summed E-state index contributed by atoms with van der Waals surface area (Å²) in [6.45, 7) is 9.07. The molecule has 1 aromatic heterocycles. The summed E-state index contributed by atoms with van der Waals surface area (Å²) in [5, 5.41) is 4.28. The molecule has 1 heterocycles. The summed E-state index contributed by atoms with van der Waals surface area (Å²) >= 11 is 0. The highest BCUT2D eigenvalue weighted by atomic mass is 15.3. The minimum atomic E-state index is 0.661. The van der Waals surface area contributed by atoms with Gasteiger partial charge in [-0.15, -0.1) is 0 Å². The highest BCUT2D eigenvalue weighted by molar-refractivity contribution is 5.24. The molecule has 11 heavy (non-hydrogen) atoms. The second-order valence-corrected chi connectivity index (χ2v) is 2.47. The Labute approximate surface area is 66.8 Å². The van der Waals surface area contributed by atoms with Crippen LogP contribution in [0, 0.1) is 6.92 Å². The smallest absolute Gasteiger partial charge is 0.0801 e. The SMILES string of the molecule is C=NCc1cc(C)nn1CC. The van der Waals surface area contributed by atoms with Crippen molar-refractivity contribution < 1.29 is 0 Å². The first-order chi connectivity index (χ1) is 5.27. The molecule has 0 aromatic carbocycles. The summed E-state index contributed by atoms with van der Waals surface area (Å²) in [5.74, 6) is 0. The van der Waals surface area contributed by atoms with Crippen molar-refractivity contribution in [1.29, 1.82) is 0 Å². The van der Waals surface area contributed by atoms with E-state index in [1.165, 1.54) is 0 Å². The van der Waals surface area contributed by atoms with E-state index in [4.69, 9.17) is 0 Å². The zero-order valence-electron chi connectivity index (χ0n) is 7.04. The Morgan fingerprint density at radius 1 is 1.73 bits per heavy atom. The van der Waals surface area contributed by atoms with Crippen LogP contribution in [-0.2, 0) is 13.1 Å². The van der Waals surface area contributed by atoms with Crippen LogP contribution in [0.5, 0.6) is 0 Å². The fraction of sp³-hybridized carbons (Fsp3) is 0.500. The number of nitrogens with zero attached hydrogens (tertiary/aromatic N) is 3. The molecule has 0 aliphatic rings. The van der Waals surface area contributed by atoms with E-state index >= 15 is 0 Å². The Hall–Kier alpha value is -1.12. The highest BCUT2D eigenvalue weighted by Crippen LogP contribution is 2.04. The lowest BCUT2D eigenvalue weighted by Crippen LogP contribution is -2.01. The fourth-order valence-corrected chi connectivity index (χ4v) is 1.11. The molecule has 1 rings (SSSR count). The minimum Gasteiger partial charge on any atom is -0.295 e. The monoisotopic (exact) mass is 151 g/mol. The molecule has 0 aliphatic carbocycles. The van der Waals surface area contributed by atoms with E-state index in [0.29, 0.717) is 6.54 Å². The van der Waals surface area contributed by atoms with Crippen LogP contribution in [0.3, 0.4) is 0 Å². The van der Waals surface area contributed by atoms with Gasteiger partial charge < -0.3 is 0 Å². The molecule has 0 unspecified atom stereocenters. The first-order valence-corrected chi connectivity index (χ1v) is 3.73. The maximum Gasteiger partial charge on any atom is 0.0801 e. The Bertz CT molecular complexity index is 250. The fourth-order valence-electron chi connectivity index (χ4n) is 1.11. The number of hydrogen-bond donors (Lipinski definition) is 0.